The first-order chi connectivity index (χ1) is 12.2. The van der Waals surface area contributed by atoms with E-state index in [2.05, 4.69) is 20.5 Å². The lowest BCUT2D eigenvalue weighted by Crippen LogP contribution is -2.27. The number of methoxy groups -OCH3 is 1. The number of aromatic nitrogens is 4. The van der Waals surface area contributed by atoms with Crippen molar-refractivity contribution in [2.24, 2.45) is 0 Å². The Labute approximate surface area is 146 Å². The number of hydrogen-bond donors (Lipinski definition) is 2. The molecule has 9 heteroatoms. The number of ether oxygens (including phenoxy) is 1. The number of aromatic amines is 1. The van der Waals surface area contributed by atoms with Gasteiger partial charge in [-0.3, -0.25) is 19.3 Å². The summed E-state index contributed by atoms with van der Waals surface area (Å²) in [5, 5.41) is 10.5. The van der Waals surface area contributed by atoms with Crippen LogP contribution in [0.1, 0.15) is 12.5 Å². The van der Waals surface area contributed by atoms with E-state index in [0.29, 0.717) is 27.6 Å². The summed E-state index contributed by atoms with van der Waals surface area (Å²) in [6, 6.07) is 6.88. The van der Waals surface area contributed by atoms with Gasteiger partial charge < -0.3 is 10.1 Å². The molecule has 0 fully saturated rings. The quantitative estimate of drug-likeness (QED) is 0.691. The van der Waals surface area contributed by atoms with Crippen molar-refractivity contribution in [2.75, 3.05) is 18.2 Å². The number of amides is 1. The molecule has 3 aromatic rings. The molecule has 3 heterocycles. The lowest BCUT2D eigenvalue weighted by Gasteiger charge is -2.13. The molecule has 0 spiro atoms. The molecule has 0 bridgehead atoms. The van der Waals surface area contributed by atoms with Gasteiger partial charge in [0.15, 0.2) is 10.8 Å². The number of nitrogens with zero attached hydrogens (tertiary/aromatic N) is 3. The monoisotopic (exact) mass is 357 g/mol. The van der Waals surface area contributed by atoms with Crippen LogP contribution in [-0.4, -0.2) is 38.5 Å². The summed E-state index contributed by atoms with van der Waals surface area (Å²) in [5.74, 6) is 1.21. The van der Waals surface area contributed by atoms with Gasteiger partial charge in [0.05, 0.1) is 19.3 Å². The minimum Gasteiger partial charge on any atom is -0.497 e. The number of carbonyl (C=O) groups excluding carboxylic acids is 1. The maximum absolute atomic E-state index is 12.6. The predicted octanol–water partition coefficient (Wildman–Crippen LogP) is 1.80. The van der Waals surface area contributed by atoms with Gasteiger partial charge in [0.25, 0.3) is 5.56 Å². The minimum absolute atomic E-state index is 0.150. The normalized spacial score (nSPS) is 16.0. The van der Waals surface area contributed by atoms with Crippen molar-refractivity contribution in [1.29, 1.82) is 0 Å². The highest BCUT2D eigenvalue weighted by Gasteiger charge is 2.28. The van der Waals surface area contributed by atoms with Gasteiger partial charge in [0.2, 0.25) is 5.91 Å². The van der Waals surface area contributed by atoms with Crippen LogP contribution in [0.15, 0.2) is 40.4 Å². The van der Waals surface area contributed by atoms with Gasteiger partial charge in [-0.2, -0.15) is 5.10 Å². The van der Waals surface area contributed by atoms with E-state index in [0.717, 1.165) is 5.75 Å². The number of anilines is 1. The predicted molar refractivity (Wildman–Crippen MR) is 94.2 cm³/mol. The van der Waals surface area contributed by atoms with Crippen LogP contribution in [0.5, 0.6) is 5.75 Å². The number of thioether (sulfide) groups is 1. The molecule has 1 atom stereocenters. The number of H-pyrrole nitrogens is 1. The van der Waals surface area contributed by atoms with Gasteiger partial charge in [-0.25, -0.2) is 4.98 Å². The zero-order valence-corrected chi connectivity index (χ0v) is 14.2. The molecule has 8 nitrogen and oxygen atoms in total. The molecule has 2 N–H and O–H groups in total. The Bertz CT molecular complexity index is 995. The number of carbonyl (C=O) groups is 1. The van der Waals surface area contributed by atoms with E-state index in [1.807, 2.05) is 0 Å². The standard InChI is InChI=1S/C16H15N5O3S/c1-24-11-4-2-9(3-5-11)18-13(22)6-10-8-25-16-19-14-12(7-17-20-14)15(23)21(10)16/h2-5,7,10H,6,8H2,1H3,(H,17,20)(H,18,22). The van der Waals surface area contributed by atoms with E-state index in [-0.39, 0.29) is 23.9 Å². The van der Waals surface area contributed by atoms with Crippen LogP contribution in [0.25, 0.3) is 11.0 Å². The molecule has 1 aliphatic heterocycles. The summed E-state index contributed by atoms with van der Waals surface area (Å²) in [6.45, 7) is 0. The molecule has 2 aromatic heterocycles. The van der Waals surface area contributed by atoms with Crippen LogP contribution in [0.3, 0.4) is 0 Å². The third-order valence-electron chi connectivity index (χ3n) is 4.05. The molecular weight excluding hydrogens is 342 g/mol. The van der Waals surface area contributed by atoms with Crippen molar-refractivity contribution in [2.45, 2.75) is 17.6 Å². The Morgan fingerprint density at radius 1 is 1.44 bits per heavy atom. The summed E-state index contributed by atoms with van der Waals surface area (Å²) in [5.41, 5.74) is 1.00. The van der Waals surface area contributed by atoms with Crippen LogP contribution in [-0.2, 0) is 4.79 Å². The summed E-state index contributed by atoms with van der Waals surface area (Å²) in [7, 11) is 1.59. The Kier molecular flexibility index (Phi) is 3.92. The van der Waals surface area contributed by atoms with Crippen LogP contribution >= 0.6 is 11.8 Å². The highest BCUT2D eigenvalue weighted by Crippen LogP contribution is 2.33. The number of nitrogens with one attached hydrogen (secondary N) is 2. The number of hydrogen-bond acceptors (Lipinski definition) is 6. The van der Waals surface area contributed by atoms with E-state index < -0.39 is 0 Å². The van der Waals surface area contributed by atoms with Gasteiger partial charge in [0, 0.05) is 17.9 Å². The lowest BCUT2D eigenvalue weighted by atomic mass is 10.2. The van der Waals surface area contributed by atoms with Gasteiger partial charge in [-0.05, 0) is 24.3 Å². The van der Waals surface area contributed by atoms with Crippen LogP contribution in [0.2, 0.25) is 0 Å². The molecule has 1 aromatic carbocycles. The van der Waals surface area contributed by atoms with Gasteiger partial charge in [-0.1, -0.05) is 11.8 Å². The van der Waals surface area contributed by atoms with Crippen LogP contribution < -0.4 is 15.6 Å². The molecule has 1 unspecified atom stereocenters. The number of benzene rings is 1. The molecule has 25 heavy (non-hydrogen) atoms. The zero-order chi connectivity index (χ0) is 17.4. The van der Waals surface area contributed by atoms with Crippen molar-refractivity contribution in [3.63, 3.8) is 0 Å². The Balaban J connectivity index is 1.52. The fourth-order valence-corrected chi connectivity index (χ4v) is 3.94. The van der Waals surface area contributed by atoms with Gasteiger partial charge >= 0.3 is 0 Å². The van der Waals surface area contributed by atoms with E-state index in [4.69, 9.17) is 4.74 Å². The van der Waals surface area contributed by atoms with Crippen LogP contribution in [0.4, 0.5) is 5.69 Å². The molecule has 128 valence electrons. The molecule has 1 aliphatic rings. The number of rotatable bonds is 4. The van der Waals surface area contributed by atoms with Crippen molar-refractivity contribution in [1.82, 2.24) is 19.7 Å². The highest BCUT2D eigenvalue weighted by atomic mass is 32.2. The largest absolute Gasteiger partial charge is 0.497 e. The van der Waals surface area contributed by atoms with Crippen molar-refractivity contribution < 1.29 is 9.53 Å². The molecule has 1 amide bonds. The fraction of sp³-hybridized carbons (Fsp3) is 0.250. The SMILES string of the molecule is COc1ccc(NC(=O)CC2CSc3nc4[nH]ncc4c(=O)n32)cc1. The zero-order valence-electron chi connectivity index (χ0n) is 13.4. The van der Waals surface area contributed by atoms with E-state index in [9.17, 15) is 9.59 Å². The van der Waals surface area contributed by atoms with Gasteiger partial charge in [-0.15, -0.1) is 0 Å². The number of fused-ring (bicyclic) bond motifs is 2. The Hall–Kier alpha value is -2.81. The lowest BCUT2D eigenvalue weighted by molar-refractivity contribution is -0.116. The average molecular weight is 357 g/mol. The second-order valence-electron chi connectivity index (χ2n) is 5.65. The first-order valence-corrected chi connectivity index (χ1v) is 8.66. The second-order valence-corrected chi connectivity index (χ2v) is 6.63. The summed E-state index contributed by atoms with van der Waals surface area (Å²) >= 11 is 1.47. The highest BCUT2D eigenvalue weighted by molar-refractivity contribution is 7.99. The van der Waals surface area contributed by atoms with E-state index in [1.165, 1.54) is 18.0 Å². The average Bonchev–Trinajstić information content (AvgIpc) is 3.23. The molecule has 4 rings (SSSR count). The first kappa shape index (κ1) is 15.7. The Morgan fingerprint density at radius 2 is 2.24 bits per heavy atom. The first-order valence-electron chi connectivity index (χ1n) is 7.68. The summed E-state index contributed by atoms with van der Waals surface area (Å²) in [6.07, 6.45) is 1.67. The van der Waals surface area contributed by atoms with Crippen molar-refractivity contribution in [3.05, 3.63) is 40.8 Å². The minimum atomic E-state index is -0.224. The third-order valence-corrected chi connectivity index (χ3v) is 5.14. The smallest absolute Gasteiger partial charge is 0.265 e. The van der Waals surface area contributed by atoms with Crippen molar-refractivity contribution in [3.8, 4) is 5.75 Å². The van der Waals surface area contributed by atoms with E-state index in [1.54, 1.807) is 35.9 Å². The van der Waals surface area contributed by atoms with E-state index >= 15 is 0 Å². The molecule has 0 radical (unpaired) electrons. The maximum Gasteiger partial charge on any atom is 0.265 e. The molecular formula is C16H15N5O3S. The topological polar surface area (TPSA) is 102 Å². The van der Waals surface area contributed by atoms with Crippen molar-refractivity contribution >= 4 is 34.4 Å². The molecule has 0 saturated carbocycles. The fourth-order valence-electron chi connectivity index (χ4n) is 2.81. The molecule has 0 saturated heterocycles. The van der Waals surface area contributed by atoms with Crippen LogP contribution in [0, 0.1) is 0 Å². The second kappa shape index (κ2) is 6.25. The third kappa shape index (κ3) is 2.86. The Morgan fingerprint density at radius 3 is 3.00 bits per heavy atom. The summed E-state index contributed by atoms with van der Waals surface area (Å²) in [4.78, 5) is 29.4. The maximum atomic E-state index is 12.6. The van der Waals surface area contributed by atoms with Gasteiger partial charge in [0.1, 0.15) is 11.1 Å². The summed E-state index contributed by atoms with van der Waals surface area (Å²) < 4.78 is 6.69. The molecule has 0 aliphatic carbocycles.